The number of esters is 6. The van der Waals surface area contributed by atoms with E-state index in [0.717, 1.165) is 69.9 Å². The predicted molar refractivity (Wildman–Crippen MR) is 352 cm³/mol. The van der Waals surface area contributed by atoms with E-state index >= 15 is 0 Å². The molecule has 0 aliphatic heterocycles. The van der Waals surface area contributed by atoms with Gasteiger partial charge in [0.25, 0.3) is 0 Å². The molecule has 2 unspecified atom stereocenters. The highest BCUT2D eigenvalue weighted by molar-refractivity contribution is 5.95. The third-order valence-electron chi connectivity index (χ3n) is 15.7. The van der Waals surface area contributed by atoms with Gasteiger partial charge in [-0.15, -0.1) is 0 Å². The molecule has 0 aliphatic carbocycles. The van der Waals surface area contributed by atoms with Crippen LogP contribution in [0.15, 0.2) is 24.3 Å². The Balaban J connectivity index is -0.00000120. The number of benzene rings is 1. The van der Waals surface area contributed by atoms with E-state index in [0.29, 0.717) is 95.2 Å². The number of ether oxygens (including phenoxy) is 8. The second-order valence-electron chi connectivity index (χ2n) is 25.2. The van der Waals surface area contributed by atoms with E-state index in [4.69, 9.17) is 43.0 Å². The number of alkyl carbamates (subject to hydrolysis) is 2. The second-order valence-corrected chi connectivity index (χ2v) is 25.2. The molecule has 21 nitrogen and oxygen atoms in total. The number of carboxylic acid groups (broad SMARTS) is 1. The highest BCUT2D eigenvalue weighted by Gasteiger charge is 2.29. The minimum atomic E-state index is -0.722. The van der Waals surface area contributed by atoms with Crippen LogP contribution in [0.2, 0.25) is 0 Å². The highest BCUT2D eigenvalue weighted by atomic mass is 16.6. The van der Waals surface area contributed by atoms with E-state index in [1.54, 1.807) is 26.0 Å². The van der Waals surface area contributed by atoms with E-state index in [2.05, 4.69) is 38.3 Å². The molecular formula is C69H123N3O18. The molecule has 0 fully saturated rings. The van der Waals surface area contributed by atoms with Gasteiger partial charge < -0.3 is 58.5 Å². The van der Waals surface area contributed by atoms with Gasteiger partial charge in [-0.3, -0.25) is 28.8 Å². The van der Waals surface area contributed by atoms with Crippen molar-refractivity contribution in [3.8, 4) is 0 Å². The molecule has 522 valence electrons. The molecule has 0 heterocycles. The smallest absolute Gasteiger partial charge is 0.407 e. The zero-order valence-corrected chi connectivity index (χ0v) is 59.0. The first-order valence-electron chi connectivity index (χ1n) is 33.1. The molecular weight excluding hydrogens is 1160 g/mol. The maximum Gasteiger partial charge on any atom is 0.407 e. The predicted octanol–water partition coefficient (Wildman–Crippen LogP) is 14.4. The van der Waals surface area contributed by atoms with Crippen LogP contribution in [0, 0.1) is 33.5 Å². The maximum atomic E-state index is 12.1. The molecule has 0 saturated carbocycles. The molecule has 2 atom stereocenters. The van der Waals surface area contributed by atoms with Crippen molar-refractivity contribution in [2.24, 2.45) is 33.5 Å². The monoisotopic (exact) mass is 1280 g/mol. The number of carbonyl (C=O) groups excluding carboxylic acids is 8. The van der Waals surface area contributed by atoms with E-state index in [1.807, 2.05) is 100 Å². The van der Waals surface area contributed by atoms with Crippen LogP contribution in [-0.2, 0) is 66.7 Å². The lowest BCUT2D eigenvalue weighted by Gasteiger charge is -2.20. The van der Waals surface area contributed by atoms with Crippen LogP contribution in [0.1, 0.15) is 250 Å². The fourth-order valence-corrected chi connectivity index (χ4v) is 7.04. The summed E-state index contributed by atoms with van der Waals surface area (Å²) in [5.41, 5.74) is -0.801. The van der Waals surface area contributed by atoms with Crippen LogP contribution in [0.5, 0.6) is 0 Å². The van der Waals surface area contributed by atoms with Crippen LogP contribution in [0.4, 0.5) is 15.3 Å². The molecule has 3 N–H and O–H groups in total. The van der Waals surface area contributed by atoms with Crippen LogP contribution in [-0.4, -0.2) is 139 Å². The van der Waals surface area contributed by atoms with E-state index in [1.165, 1.54) is 12.8 Å². The van der Waals surface area contributed by atoms with E-state index in [9.17, 15) is 43.2 Å². The van der Waals surface area contributed by atoms with Crippen molar-refractivity contribution in [1.82, 2.24) is 10.6 Å². The highest BCUT2D eigenvalue weighted by Crippen LogP contribution is 2.24. The SMILES string of the molecule is CCC(C)(C)C(=O)O.CCC(C)(C)C(=O)OCCOC(=O)c1ccccc1N(C)C.CCCCC(CC)COC(=O)CCCCCOC(=O)NCCOC(=O)C(C)(C)CC.CCCCC(CC)COC(=O)CCCCCOC(=O)NCCOC(=O)C(C)(C)CC. The molecule has 2 amide bonds. The normalized spacial score (nSPS) is 11.8. The standard InChI is InChI=1S/2C23H43NO6.C17H25NO4.C6H12O2/c2*1-6-9-13-19(7-2)18-30-20(25)14-11-10-12-16-29-22(27)24-15-17-28-21(26)23(4,5)8-3;1-6-17(2,3)16(20)22-12-11-21-15(19)13-9-7-8-10-14(13)18(4)5;1-4-6(2,3)5(7)8/h2*19H,6-18H2,1-5H3,(H,24,27);7-10H,6,11-12H2,1-5H3;4H2,1-3H3,(H,7,8). The Bertz CT molecular complexity index is 2070. The summed E-state index contributed by atoms with van der Waals surface area (Å²) in [7, 11) is 3.72. The van der Waals surface area contributed by atoms with Crippen LogP contribution < -0.4 is 15.5 Å². The number of para-hydroxylation sites is 1. The number of unbranched alkanes of at least 4 members (excludes halogenated alkanes) is 6. The Morgan fingerprint density at radius 1 is 0.444 bits per heavy atom. The molecule has 0 radical (unpaired) electrons. The maximum absolute atomic E-state index is 12.1. The fraction of sp³-hybridized carbons (Fsp3) is 0.783. The van der Waals surface area contributed by atoms with Crippen molar-refractivity contribution in [1.29, 1.82) is 0 Å². The van der Waals surface area contributed by atoms with E-state index in [-0.39, 0.29) is 69.4 Å². The van der Waals surface area contributed by atoms with Gasteiger partial charge in [-0.1, -0.05) is 106 Å². The molecule has 21 heteroatoms. The third-order valence-corrected chi connectivity index (χ3v) is 15.7. The number of aliphatic carboxylic acids is 1. The number of nitrogens with one attached hydrogen (secondary N) is 2. The minimum Gasteiger partial charge on any atom is -0.481 e. The number of amides is 2. The summed E-state index contributed by atoms with van der Waals surface area (Å²) in [5, 5.41) is 13.5. The average molecular weight is 1280 g/mol. The van der Waals surface area contributed by atoms with Gasteiger partial charge in [-0.25, -0.2) is 14.4 Å². The Hall–Kier alpha value is -6.15. The molecule has 0 bridgehead atoms. The number of anilines is 1. The molecule has 0 aliphatic rings. The van der Waals surface area contributed by atoms with Crippen molar-refractivity contribution in [3.05, 3.63) is 29.8 Å². The first-order chi connectivity index (χ1) is 42.3. The van der Waals surface area contributed by atoms with Gasteiger partial charge in [0.1, 0.15) is 26.4 Å². The number of rotatable bonds is 43. The average Bonchev–Trinajstić information content (AvgIpc) is 1.49. The molecule has 0 spiro atoms. The first kappa shape index (κ1) is 88.0. The van der Waals surface area contributed by atoms with Crippen LogP contribution >= 0.6 is 0 Å². The van der Waals surface area contributed by atoms with Crippen LogP contribution in [0.25, 0.3) is 0 Å². The number of carbonyl (C=O) groups is 9. The van der Waals surface area contributed by atoms with Gasteiger partial charge in [0.2, 0.25) is 0 Å². The Labute approximate surface area is 541 Å². The zero-order chi connectivity index (χ0) is 69.2. The van der Waals surface area contributed by atoms with Crippen molar-refractivity contribution in [3.63, 3.8) is 0 Å². The quantitative estimate of drug-likeness (QED) is 0.0311. The van der Waals surface area contributed by atoms with Gasteiger partial charge in [-0.05, 0) is 156 Å². The third kappa shape index (κ3) is 44.3. The summed E-state index contributed by atoms with van der Waals surface area (Å²) in [4.78, 5) is 106. The lowest BCUT2D eigenvalue weighted by molar-refractivity contribution is -0.155. The minimum absolute atomic E-state index is 0.0477. The fourth-order valence-electron chi connectivity index (χ4n) is 7.04. The van der Waals surface area contributed by atoms with Gasteiger partial charge in [-0.2, -0.15) is 0 Å². The van der Waals surface area contributed by atoms with Gasteiger partial charge in [0.15, 0.2) is 0 Å². The largest absolute Gasteiger partial charge is 0.481 e. The van der Waals surface area contributed by atoms with Crippen molar-refractivity contribution >= 4 is 59.7 Å². The van der Waals surface area contributed by atoms with Gasteiger partial charge in [0, 0.05) is 26.9 Å². The zero-order valence-electron chi connectivity index (χ0n) is 59.0. The summed E-state index contributed by atoms with van der Waals surface area (Å²) in [6, 6.07) is 7.21. The summed E-state index contributed by atoms with van der Waals surface area (Å²) in [6.07, 6.45) is 15.9. The van der Waals surface area contributed by atoms with E-state index < -0.39 is 45.8 Å². The van der Waals surface area contributed by atoms with Gasteiger partial charge in [0.05, 0.1) is 72.4 Å². The van der Waals surface area contributed by atoms with Gasteiger partial charge >= 0.3 is 54.0 Å². The molecule has 90 heavy (non-hydrogen) atoms. The number of hydrogen-bond donors (Lipinski definition) is 3. The lowest BCUT2D eigenvalue weighted by atomic mass is 9.91. The molecule has 1 aromatic carbocycles. The van der Waals surface area contributed by atoms with Crippen molar-refractivity contribution < 1.29 is 86.2 Å². The summed E-state index contributed by atoms with van der Waals surface area (Å²) < 4.78 is 41.5. The topological polar surface area (TPSA) is 275 Å². The van der Waals surface area contributed by atoms with Crippen molar-refractivity contribution in [2.45, 2.75) is 239 Å². The van der Waals surface area contributed by atoms with Crippen molar-refractivity contribution in [2.75, 3.05) is 84.9 Å². The Morgan fingerprint density at radius 2 is 0.811 bits per heavy atom. The van der Waals surface area contributed by atoms with Crippen LogP contribution in [0.3, 0.4) is 0 Å². The summed E-state index contributed by atoms with van der Waals surface area (Å²) >= 11 is 0. The number of carboxylic acids is 1. The number of hydrogen-bond acceptors (Lipinski definition) is 18. The lowest BCUT2D eigenvalue weighted by Crippen LogP contribution is -2.32. The molecule has 1 aromatic rings. The first-order valence-corrected chi connectivity index (χ1v) is 33.1. The number of nitrogens with zero attached hydrogens (tertiary/aromatic N) is 1. The Morgan fingerprint density at radius 3 is 1.14 bits per heavy atom. The Kier molecular flexibility index (Phi) is 50.4. The summed E-state index contributed by atoms with van der Waals surface area (Å²) in [6.45, 7) is 33.0. The molecule has 0 aromatic heterocycles. The molecule has 1 rings (SSSR count). The summed E-state index contributed by atoms with van der Waals surface area (Å²) in [5.74, 6) is -1.34. The second kappa shape index (κ2) is 51.5. The molecule has 0 saturated heterocycles.